The highest BCUT2D eigenvalue weighted by Gasteiger charge is 2.68. The third kappa shape index (κ3) is 2.15. The molecule has 2 atom stereocenters. The maximum atomic E-state index is 13.8. The van der Waals surface area contributed by atoms with Gasteiger partial charge in [-0.2, -0.15) is 0 Å². The van der Waals surface area contributed by atoms with E-state index in [0.29, 0.717) is 18.0 Å². The Hall–Kier alpha value is -3.73. The summed E-state index contributed by atoms with van der Waals surface area (Å²) in [5, 5.41) is 0. The van der Waals surface area contributed by atoms with Gasteiger partial charge < -0.3 is 9.53 Å². The van der Waals surface area contributed by atoms with Crippen molar-refractivity contribution in [1.82, 2.24) is 0 Å². The van der Waals surface area contributed by atoms with Crippen LogP contribution in [0.1, 0.15) is 35.1 Å². The van der Waals surface area contributed by atoms with Gasteiger partial charge in [-0.3, -0.25) is 9.59 Å². The Morgan fingerprint density at radius 2 is 1.47 bits per heavy atom. The van der Waals surface area contributed by atoms with Crippen LogP contribution < -0.4 is 9.64 Å². The maximum absolute atomic E-state index is 13.8. The van der Waals surface area contributed by atoms with Crippen LogP contribution in [0.15, 0.2) is 72.8 Å². The Morgan fingerprint density at radius 1 is 0.875 bits per heavy atom. The van der Waals surface area contributed by atoms with Gasteiger partial charge in [0.2, 0.25) is 11.8 Å². The standard InChI is InChI=1S/C27H21NO4/c1-2-32-17-13-11-16(12-14-17)28-25(30)23-22-18-7-3-5-9-20(18)27(15-29,24(23)26(28)31)21-10-6-4-8-19(21)22/h3-15,22-24H,2H2,1H3. The van der Waals surface area contributed by atoms with E-state index in [0.717, 1.165) is 28.5 Å². The number of hydrogen-bond donors (Lipinski definition) is 0. The number of anilines is 1. The van der Waals surface area contributed by atoms with Crippen molar-refractivity contribution in [3.05, 3.63) is 95.1 Å². The predicted molar refractivity (Wildman–Crippen MR) is 119 cm³/mol. The van der Waals surface area contributed by atoms with Gasteiger partial charge in [0.25, 0.3) is 0 Å². The number of hydrogen-bond acceptors (Lipinski definition) is 4. The molecule has 3 aromatic carbocycles. The lowest BCUT2D eigenvalue weighted by atomic mass is 9.48. The number of ether oxygens (including phenoxy) is 1. The van der Waals surface area contributed by atoms with Crippen LogP contribution in [-0.2, 0) is 19.8 Å². The summed E-state index contributed by atoms with van der Waals surface area (Å²) in [4.78, 5) is 41.8. The van der Waals surface area contributed by atoms with Crippen molar-refractivity contribution in [3.63, 3.8) is 0 Å². The van der Waals surface area contributed by atoms with Crippen molar-refractivity contribution in [1.29, 1.82) is 0 Å². The zero-order valence-electron chi connectivity index (χ0n) is 17.5. The molecule has 3 aromatic rings. The molecule has 0 spiro atoms. The van der Waals surface area contributed by atoms with Gasteiger partial charge in [-0.05, 0) is 53.4 Å². The number of nitrogens with zero attached hydrogens (tertiary/aromatic N) is 1. The summed E-state index contributed by atoms with van der Waals surface area (Å²) >= 11 is 0. The fourth-order valence-corrected chi connectivity index (χ4v) is 6.14. The molecule has 0 saturated carbocycles. The minimum Gasteiger partial charge on any atom is -0.494 e. The summed E-state index contributed by atoms with van der Waals surface area (Å²) in [6.07, 6.45) is 0.893. The first kappa shape index (κ1) is 19.0. The van der Waals surface area contributed by atoms with Crippen LogP contribution in [0.5, 0.6) is 5.75 Å². The molecule has 1 heterocycles. The normalized spacial score (nSPS) is 27.0. The average molecular weight is 423 g/mol. The summed E-state index contributed by atoms with van der Waals surface area (Å²) in [6, 6.07) is 22.5. The van der Waals surface area contributed by atoms with Gasteiger partial charge in [0.05, 0.1) is 29.5 Å². The first-order valence-corrected chi connectivity index (χ1v) is 10.9. The Labute approximate surface area is 185 Å². The fraction of sp³-hybridized carbons (Fsp3) is 0.222. The first-order chi connectivity index (χ1) is 15.6. The van der Waals surface area contributed by atoms with Crippen molar-refractivity contribution < 1.29 is 19.1 Å². The van der Waals surface area contributed by atoms with Gasteiger partial charge in [0.1, 0.15) is 12.0 Å². The maximum Gasteiger partial charge on any atom is 0.239 e. The highest BCUT2D eigenvalue weighted by molar-refractivity contribution is 6.24. The second kappa shape index (κ2) is 6.63. The molecule has 7 rings (SSSR count). The molecule has 5 heteroatoms. The smallest absolute Gasteiger partial charge is 0.239 e. The van der Waals surface area contributed by atoms with Gasteiger partial charge in [-0.1, -0.05) is 48.5 Å². The molecule has 0 N–H and O–H groups in total. The third-order valence-electron chi connectivity index (χ3n) is 7.28. The van der Waals surface area contributed by atoms with Crippen LogP contribution in [0.2, 0.25) is 0 Å². The van der Waals surface area contributed by atoms with Gasteiger partial charge >= 0.3 is 0 Å². The van der Waals surface area contributed by atoms with E-state index >= 15 is 0 Å². The quantitative estimate of drug-likeness (QED) is 0.473. The molecule has 158 valence electrons. The summed E-state index contributed by atoms with van der Waals surface area (Å²) in [5.41, 5.74) is 2.96. The van der Waals surface area contributed by atoms with E-state index < -0.39 is 17.3 Å². The van der Waals surface area contributed by atoms with Crippen LogP contribution in [-0.4, -0.2) is 24.7 Å². The Morgan fingerprint density at radius 3 is 2.03 bits per heavy atom. The zero-order chi connectivity index (χ0) is 22.0. The molecule has 2 bridgehead atoms. The monoisotopic (exact) mass is 423 g/mol. The molecule has 2 amide bonds. The Bertz CT molecular complexity index is 1230. The summed E-state index contributed by atoms with van der Waals surface area (Å²) in [7, 11) is 0. The molecular formula is C27H21NO4. The lowest BCUT2D eigenvalue weighted by Gasteiger charge is -2.51. The van der Waals surface area contributed by atoms with Crippen LogP contribution in [0.25, 0.3) is 0 Å². The van der Waals surface area contributed by atoms with E-state index in [1.807, 2.05) is 55.5 Å². The minimum atomic E-state index is -1.17. The lowest BCUT2D eigenvalue weighted by molar-refractivity contribution is -0.128. The second-order valence-electron chi connectivity index (χ2n) is 8.58. The van der Waals surface area contributed by atoms with Crippen LogP contribution >= 0.6 is 0 Å². The lowest BCUT2D eigenvalue weighted by Crippen LogP contribution is -2.54. The summed E-state index contributed by atoms with van der Waals surface area (Å²) in [6.45, 7) is 2.43. The van der Waals surface area contributed by atoms with Crippen molar-refractivity contribution in [2.75, 3.05) is 11.5 Å². The SMILES string of the molecule is CCOc1ccc(N2C(=O)C3C4c5ccccc5C(C=O)(c5ccccc54)C3C2=O)cc1. The van der Waals surface area contributed by atoms with Crippen molar-refractivity contribution in [2.24, 2.45) is 11.8 Å². The zero-order valence-corrected chi connectivity index (χ0v) is 17.5. The highest BCUT2D eigenvalue weighted by Crippen LogP contribution is 2.63. The number of carbonyl (C=O) groups is 3. The predicted octanol–water partition coefficient (Wildman–Crippen LogP) is 3.84. The third-order valence-corrected chi connectivity index (χ3v) is 7.28. The highest BCUT2D eigenvalue weighted by atomic mass is 16.5. The largest absolute Gasteiger partial charge is 0.494 e. The van der Waals surface area contributed by atoms with Gasteiger partial charge in [-0.15, -0.1) is 0 Å². The Kier molecular flexibility index (Phi) is 3.94. The number of amides is 2. The van der Waals surface area contributed by atoms with Crippen molar-refractivity contribution in [2.45, 2.75) is 18.3 Å². The van der Waals surface area contributed by atoms with E-state index in [4.69, 9.17) is 4.74 Å². The van der Waals surface area contributed by atoms with E-state index in [-0.39, 0.29) is 17.7 Å². The van der Waals surface area contributed by atoms with Crippen LogP contribution in [0.3, 0.4) is 0 Å². The molecule has 2 unspecified atom stereocenters. The molecule has 32 heavy (non-hydrogen) atoms. The van der Waals surface area contributed by atoms with Crippen LogP contribution in [0.4, 0.5) is 5.69 Å². The number of aldehydes is 1. The average Bonchev–Trinajstić information content (AvgIpc) is 3.11. The number of rotatable bonds is 4. The molecular weight excluding hydrogens is 402 g/mol. The van der Waals surface area contributed by atoms with E-state index in [1.54, 1.807) is 24.3 Å². The van der Waals surface area contributed by atoms with Crippen molar-refractivity contribution in [3.8, 4) is 5.75 Å². The minimum absolute atomic E-state index is 0.246. The van der Waals surface area contributed by atoms with Gasteiger partial charge in [0, 0.05) is 5.92 Å². The number of benzene rings is 3. The number of carbonyl (C=O) groups excluding carboxylic acids is 3. The fourth-order valence-electron chi connectivity index (χ4n) is 6.14. The summed E-state index contributed by atoms with van der Waals surface area (Å²) in [5.74, 6) is -1.50. The molecule has 3 aliphatic carbocycles. The van der Waals surface area contributed by atoms with Crippen molar-refractivity contribution >= 4 is 23.8 Å². The van der Waals surface area contributed by atoms with Gasteiger partial charge in [-0.25, -0.2) is 4.90 Å². The molecule has 0 aromatic heterocycles. The molecule has 0 radical (unpaired) electrons. The summed E-state index contributed by atoms with van der Waals surface area (Å²) < 4.78 is 5.50. The molecule has 5 nitrogen and oxygen atoms in total. The van der Waals surface area contributed by atoms with E-state index in [9.17, 15) is 14.4 Å². The Balaban J connectivity index is 1.56. The van der Waals surface area contributed by atoms with E-state index in [2.05, 4.69) is 0 Å². The van der Waals surface area contributed by atoms with Crippen LogP contribution in [0, 0.1) is 11.8 Å². The first-order valence-electron chi connectivity index (χ1n) is 10.9. The number of imide groups is 1. The van der Waals surface area contributed by atoms with Gasteiger partial charge in [0.15, 0.2) is 0 Å². The molecule has 1 saturated heterocycles. The molecule has 1 fully saturated rings. The topological polar surface area (TPSA) is 63.7 Å². The van der Waals surface area contributed by atoms with E-state index in [1.165, 1.54) is 4.90 Å². The molecule has 1 aliphatic heterocycles. The second-order valence-corrected chi connectivity index (χ2v) is 8.58. The molecule has 4 aliphatic rings.